The zero-order valence-electron chi connectivity index (χ0n) is 16.1. The molecule has 10 heteroatoms. The van der Waals surface area contributed by atoms with Gasteiger partial charge in [-0.05, 0) is 18.1 Å². The van der Waals surface area contributed by atoms with Crippen LogP contribution in [0.1, 0.15) is 13.8 Å². The molecule has 1 atom stereocenters. The predicted octanol–water partition coefficient (Wildman–Crippen LogP) is 5.30. The topological polar surface area (TPSA) is 96.0 Å². The maximum Gasteiger partial charge on any atom is 0.319 e. The molecule has 3 rings (SSSR count). The van der Waals surface area contributed by atoms with Crippen molar-refractivity contribution in [3.63, 3.8) is 0 Å². The average Bonchev–Trinajstić information content (AvgIpc) is 3.18. The van der Waals surface area contributed by atoms with Gasteiger partial charge in [0.25, 0.3) is 0 Å². The average molecular weight is 464 g/mol. The van der Waals surface area contributed by atoms with Gasteiger partial charge < -0.3 is 10.6 Å². The summed E-state index contributed by atoms with van der Waals surface area (Å²) in [7, 11) is 0. The fourth-order valence-electron chi connectivity index (χ4n) is 2.59. The molecule has 0 aliphatic carbocycles. The Bertz CT molecular complexity index is 1040. The molecule has 156 valence electrons. The molecule has 2 aromatic carbocycles. The molecule has 0 bridgehead atoms. The standard InChI is InChI=1S/C20H19Cl2N5O2S/c1-11(2)16(24-19(29)23-14-10-6-9-13(21)15(14)22)17(28)25-20-27-26-18(30-20)12-7-4-3-5-8-12/h3-11,16H,1-2H3,(H2,23,24,29)(H,25,27,28). The van der Waals surface area contributed by atoms with Crippen molar-refractivity contribution in [1.29, 1.82) is 0 Å². The Balaban J connectivity index is 1.66. The molecule has 7 nitrogen and oxygen atoms in total. The normalized spacial score (nSPS) is 11.8. The molecule has 1 aromatic heterocycles. The van der Waals surface area contributed by atoms with Gasteiger partial charge in [-0.3, -0.25) is 10.1 Å². The second-order valence-corrected chi connectivity index (χ2v) is 8.45. The summed E-state index contributed by atoms with van der Waals surface area (Å²) in [5.41, 5.74) is 1.26. The number of halogens is 2. The summed E-state index contributed by atoms with van der Waals surface area (Å²) in [5.74, 6) is -0.569. The van der Waals surface area contributed by atoms with Crippen LogP contribution in [0.5, 0.6) is 0 Å². The van der Waals surface area contributed by atoms with Crippen LogP contribution in [-0.4, -0.2) is 28.2 Å². The fourth-order valence-corrected chi connectivity index (χ4v) is 3.69. The van der Waals surface area contributed by atoms with Crippen molar-refractivity contribution < 1.29 is 9.59 Å². The number of aromatic nitrogens is 2. The van der Waals surface area contributed by atoms with Gasteiger partial charge in [0.05, 0.1) is 15.7 Å². The van der Waals surface area contributed by atoms with Crippen LogP contribution in [0.3, 0.4) is 0 Å². The molecule has 0 saturated heterocycles. The van der Waals surface area contributed by atoms with Crippen molar-refractivity contribution in [3.05, 3.63) is 58.6 Å². The molecule has 0 aliphatic heterocycles. The zero-order chi connectivity index (χ0) is 21.7. The Morgan fingerprint density at radius 3 is 2.40 bits per heavy atom. The lowest BCUT2D eigenvalue weighted by Crippen LogP contribution is -2.48. The molecule has 30 heavy (non-hydrogen) atoms. The molecule has 0 saturated carbocycles. The van der Waals surface area contributed by atoms with Gasteiger partial charge in [0.15, 0.2) is 0 Å². The molecule has 0 spiro atoms. The Hall–Kier alpha value is -2.68. The number of urea groups is 1. The Kier molecular flexibility index (Phi) is 7.25. The van der Waals surface area contributed by atoms with Gasteiger partial charge in [0.2, 0.25) is 11.0 Å². The van der Waals surface area contributed by atoms with E-state index in [0.717, 1.165) is 5.56 Å². The molecule has 0 aliphatic rings. The zero-order valence-corrected chi connectivity index (χ0v) is 18.5. The maximum absolute atomic E-state index is 12.7. The smallest absolute Gasteiger partial charge is 0.319 e. The van der Waals surface area contributed by atoms with Crippen LogP contribution in [-0.2, 0) is 4.79 Å². The van der Waals surface area contributed by atoms with Crippen LogP contribution in [0, 0.1) is 5.92 Å². The summed E-state index contributed by atoms with van der Waals surface area (Å²) in [5, 5.41) is 17.7. The number of nitrogens with one attached hydrogen (secondary N) is 3. The number of anilines is 2. The first-order valence-electron chi connectivity index (χ1n) is 9.06. The Morgan fingerprint density at radius 2 is 1.70 bits per heavy atom. The molecule has 0 radical (unpaired) electrons. The molecular formula is C20H19Cl2N5O2S. The molecule has 1 heterocycles. The van der Waals surface area contributed by atoms with Gasteiger partial charge in [-0.2, -0.15) is 0 Å². The van der Waals surface area contributed by atoms with E-state index in [4.69, 9.17) is 23.2 Å². The summed E-state index contributed by atoms with van der Waals surface area (Å²) in [6.07, 6.45) is 0. The largest absolute Gasteiger partial charge is 0.326 e. The highest BCUT2D eigenvalue weighted by Crippen LogP contribution is 2.29. The number of benzene rings is 2. The number of carbonyl (C=O) groups excluding carboxylic acids is 2. The monoisotopic (exact) mass is 463 g/mol. The van der Waals surface area contributed by atoms with Crippen LogP contribution < -0.4 is 16.0 Å². The fraction of sp³-hybridized carbons (Fsp3) is 0.200. The van der Waals surface area contributed by atoms with Crippen LogP contribution in [0.25, 0.3) is 10.6 Å². The van der Waals surface area contributed by atoms with E-state index in [0.29, 0.717) is 20.8 Å². The SMILES string of the molecule is CC(C)C(NC(=O)Nc1cccc(Cl)c1Cl)C(=O)Nc1nnc(-c2ccccc2)s1. The number of nitrogens with zero attached hydrogens (tertiary/aromatic N) is 2. The summed E-state index contributed by atoms with van der Waals surface area (Å²) in [4.78, 5) is 25.2. The van der Waals surface area contributed by atoms with Crippen LogP contribution >= 0.6 is 34.5 Å². The number of hydrogen-bond donors (Lipinski definition) is 3. The molecule has 3 amide bonds. The van der Waals surface area contributed by atoms with Crippen molar-refractivity contribution >= 4 is 57.3 Å². The second-order valence-electron chi connectivity index (χ2n) is 6.69. The first-order chi connectivity index (χ1) is 14.3. The molecular weight excluding hydrogens is 445 g/mol. The minimum absolute atomic E-state index is 0.174. The van der Waals surface area contributed by atoms with E-state index in [2.05, 4.69) is 26.1 Å². The lowest BCUT2D eigenvalue weighted by Gasteiger charge is -2.21. The van der Waals surface area contributed by atoms with Crippen molar-refractivity contribution in [3.8, 4) is 10.6 Å². The van der Waals surface area contributed by atoms with E-state index in [1.807, 2.05) is 44.2 Å². The van der Waals surface area contributed by atoms with E-state index in [9.17, 15) is 9.59 Å². The lowest BCUT2D eigenvalue weighted by molar-refractivity contribution is -0.118. The maximum atomic E-state index is 12.7. The minimum Gasteiger partial charge on any atom is -0.326 e. The van der Waals surface area contributed by atoms with E-state index < -0.39 is 18.0 Å². The molecule has 1 unspecified atom stereocenters. The van der Waals surface area contributed by atoms with Crippen molar-refractivity contribution in [2.24, 2.45) is 5.92 Å². The van der Waals surface area contributed by atoms with Gasteiger partial charge in [0, 0.05) is 5.56 Å². The van der Waals surface area contributed by atoms with Crippen molar-refractivity contribution in [2.45, 2.75) is 19.9 Å². The molecule has 3 aromatic rings. The summed E-state index contributed by atoms with van der Waals surface area (Å²) >= 11 is 13.3. The minimum atomic E-state index is -0.799. The van der Waals surface area contributed by atoms with Crippen LogP contribution in [0.4, 0.5) is 15.6 Å². The number of amides is 3. The van der Waals surface area contributed by atoms with Gasteiger partial charge >= 0.3 is 6.03 Å². The Morgan fingerprint density at radius 1 is 0.967 bits per heavy atom. The predicted molar refractivity (Wildman–Crippen MR) is 121 cm³/mol. The third-order valence-electron chi connectivity index (χ3n) is 4.11. The summed E-state index contributed by atoms with van der Waals surface area (Å²) < 4.78 is 0. The van der Waals surface area contributed by atoms with Crippen molar-refractivity contribution in [1.82, 2.24) is 15.5 Å². The third-order valence-corrected chi connectivity index (χ3v) is 5.82. The van der Waals surface area contributed by atoms with Gasteiger partial charge in [-0.1, -0.05) is 84.8 Å². The Labute approximate surface area is 187 Å². The third kappa shape index (κ3) is 5.47. The van der Waals surface area contributed by atoms with Crippen LogP contribution in [0.15, 0.2) is 48.5 Å². The van der Waals surface area contributed by atoms with E-state index in [1.54, 1.807) is 18.2 Å². The molecule has 3 N–H and O–H groups in total. The highest BCUT2D eigenvalue weighted by atomic mass is 35.5. The number of hydrogen-bond acceptors (Lipinski definition) is 5. The number of rotatable bonds is 6. The highest BCUT2D eigenvalue weighted by Gasteiger charge is 2.25. The van der Waals surface area contributed by atoms with Gasteiger partial charge in [0.1, 0.15) is 11.0 Å². The van der Waals surface area contributed by atoms with E-state index in [-0.39, 0.29) is 10.9 Å². The number of carbonyl (C=O) groups is 2. The van der Waals surface area contributed by atoms with Gasteiger partial charge in [-0.15, -0.1) is 10.2 Å². The first-order valence-corrected chi connectivity index (χ1v) is 10.6. The molecule has 0 fully saturated rings. The first kappa shape index (κ1) is 22.0. The van der Waals surface area contributed by atoms with Crippen molar-refractivity contribution in [2.75, 3.05) is 10.6 Å². The van der Waals surface area contributed by atoms with E-state index in [1.165, 1.54) is 11.3 Å². The van der Waals surface area contributed by atoms with E-state index >= 15 is 0 Å². The summed E-state index contributed by atoms with van der Waals surface area (Å²) in [6.45, 7) is 3.65. The lowest BCUT2D eigenvalue weighted by atomic mass is 10.0. The van der Waals surface area contributed by atoms with Gasteiger partial charge in [-0.25, -0.2) is 4.79 Å². The quantitative estimate of drug-likeness (QED) is 0.462. The van der Waals surface area contributed by atoms with Crippen LogP contribution in [0.2, 0.25) is 10.0 Å². The second kappa shape index (κ2) is 9.88. The highest BCUT2D eigenvalue weighted by molar-refractivity contribution is 7.18. The summed E-state index contributed by atoms with van der Waals surface area (Å²) in [6, 6.07) is 13.1.